The number of hydrogen-bond acceptors (Lipinski definition) is 4. The Balaban J connectivity index is 3.01. The van der Waals surface area contributed by atoms with E-state index in [2.05, 4.69) is 0 Å². The molecular formula is C14H14N2O2. The molecule has 1 aromatic rings. The highest BCUT2D eigenvalue weighted by atomic mass is 16.5. The normalized spacial score (nSPS) is 12.8. The summed E-state index contributed by atoms with van der Waals surface area (Å²) in [6.07, 6.45) is 0.593. The van der Waals surface area contributed by atoms with E-state index >= 15 is 0 Å². The van der Waals surface area contributed by atoms with E-state index in [1.165, 1.54) is 7.11 Å². The number of hydrogen-bond donors (Lipinski definition) is 0. The van der Waals surface area contributed by atoms with Crippen molar-refractivity contribution in [3.05, 3.63) is 35.9 Å². The highest BCUT2D eigenvalue weighted by Gasteiger charge is 2.39. The van der Waals surface area contributed by atoms with Crippen LogP contribution in [-0.2, 0) is 16.0 Å². The van der Waals surface area contributed by atoms with Gasteiger partial charge in [-0.15, -0.1) is 0 Å². The van der Waals surface area contributed by atoms with Crippen LogP contribution in [0.4, 0.5) is 0 Å². The van der Waals surface area contributed by atoms with Crippen molar-refractivity contribution in [2.45, 2.75) is 19.3 Å². The molecule has 0 spiro atoms. The fourth-order valence-electron chi connectivity index (χ4n) is 1.81. The molecule has 0 N–H and O–H groups in total. The van der Waals surface area contributed by atoms with E-state index in [0.717, 1.165) is 5.56 Å². The molecule has 92 valence electrons. The fourth-order valence-corrected chi connectivity index (χ4v) is 1.81. The van der Waals surface area contributed by atoms with E-state index in [9.17, 15) is 10.1 Å². The van der Waals surface area contributed by atoms with Gasteiger partial charge >= 0.3 is 5.97 Å². The van der Waals surface area contributed by atoms with Gasteiger partial charge in [0.25, 0.3) is 0 Å². The summed E-state index contributed by atoms with van der Waals surface area (Å²) in [4.78, 5) is 11.8. The molecule has 0 heterocycles. The molecule has 0 bridgehead atoms. The molecule has 4 nitrogen and oxygen atoms in total. The lowest BCUT2D eigenvalue weighted by Gasteiger charge is -2.22. The van der Waals surface area contributed by atoms with Gasteiger partial charge in [0.05, 0.1) is 19.2 Å². The molecular weight excluding hydrogens is 228 g/mol. The zero-order valence-corrected chi connectivity index (χ0v) is 10.2. The molecule has 0 saturated carbocycles. The number of methoxy groups -OCH3 is 1. The van der Waals surface area contributed by atoms with Gasteiger partial charge in [0.15, 0.2) is 5.41 Å². The van der Waals surface area contributed by atoms with Crippen LogP contribution >= 0.6 is 0 Å². The van der Waals surface area contributed by atoms with Gasteiger partial charge in [-0.1, -0.05) is 30.3 Å². The summed E-state index contributed by atoms with van der Waals surface area (Å²) in [5, 5.41) is 17.9. The molecule has 0 fully saturated rings. The Labute approximate surface area is 106 Å². The molecule has 0 saturated heterocycles. The van der Waals surface area contributed by atoms with Gasteiger partial charge in [0.1, 0.15) is 0 Å². The second kappa shape index (κ2) is 6.42. The lowest BCUT2D eigenvalue weighted by atomic mass is 9.79. The number of carbonyl (C=O) groups is 1. The van der Waals surface area contributed by atoms with Gasteiger partial charge < -0.3 is 4.74 Å². The lowest BCUT2D eigenvalue weighted by molar-refractivity contribution is -0.149. The lowest BCUT2D eigenvalue weighted by Crippen LogP contribution is -2.33. The largest absolute Gasteiger partial charge is 0.468 e. The minimum absolute atomic E-state index is 0.148. The SMILES string of the molecule is COC(=O)C(C#N)(CCC#N)Cc1ccccc1. The van der Waals surface area contributed by atoms with Gasteiger partial charge in [-0.05, 0) is 12.0 Å². The summed E-state index contributed by atoms with van der Waals surface area (Å²) in [6, 6.07) is 13.2. The Bertz CT molecular complexity index is 485. The topological polar surface area (TPSA) is 73.9 Å². The second-order valence-corrected chi connectivity index (χ2v) is 4.01. The zero-order valence-electron chi connectivity index (χ0n) is 10.2. The highest BCUT2D eigenvalue weighted by Crippen LogP contribution is 2.29. The Kier molecular flexibility index (Phi) is 4.90. The van der Waals surface area contributed by atoms with Crippen LogP contribution in [0.15, 0.2) is 30.3 Å². The van der Waals surface area contributed by atoms with Gasteiger partial charge in [-0.25, -0.2) is 0 Å². The predicted molar refractivity (Wildman–Crippen MR) is 65.1 cm³/mol. The molecule has 1 unspecified atom stereocenters. The first-order valence-electron chi connectivity index (χ1n) is 5.59. The smallest absolute Gasteiger partial charge is 0.326 e. The van der Waals surface area contributed by atoms with Crippen molar-refractivity contribution in [2.24, 2.45) is 5.41 Å². The maximum atomic E-state index is 11.8. The van der Waals surface area contributed by atoms with Crippen LogP contribution in [0.5, 0.6) is 0 Å². The van der Waals surface area contributed by atoms with Gasteiger partial charge in [-0.2, -0.15) is 10.5 Å². The first-order valence-corrected chi connectivity index (χ1v) is 5.59. The third-order valence-corrected chi connectivity index (χ3v) is 2.80. The molecule has 0 aliphatic heterocycles. The third kappa shape index (κ3) is 3.09. The average Bonchev–Trinajstić information content (AvgIpc) is 2.43. The van der Waals surface area contributed by atoms with Crippen LogP contribution in [-0.4, -0.2) is 13.1 Å². The number of ether oxygens (including phenoxy) is 1. The standard InChI is InChI=1S/C14H14N2O2/c1-18-13(17)14(11-16,8-5-9-15)10-12-6-3-2-4-7-12/h2-4,6-7H,5,8,10H2,1H3. The molecule has 1 rings (SSSR count). The Morgan fingerprint density at radius 1 is 1.33 bits per heavy atom. The molecule has 0 aliphatic carbocycles. The van der Waals surface area contributed by atoms with E-state index in [0.29, 0.717) is 0 Å². The number of esters is 1. The summed E-state index contributed by atoms with van der Waals surface area (Å²) < 4.78 is 4.71. The van der Waals surface area contributed by atoms with Crippen molar-refractivity contribution in [2.75, 3.05) is 7.11 Å². The molecule has 1 atom stereocenters. The summed E-state index contributed by atoms with van der Waals surface area (Å²) >= 11 is 0. The second-order valence-electron chi connectivity index (χ2n) is 4.01. The van der Waals surface area contributed by atoms with Crippen molar-refractivity contribution >= 4 is 5.97 Å². The number of nitriles is 2. The van der Waals surface area contributed by atoms with E-state index in [1.807, 2.05) is 42.5 Å². The summed E-state index contributed by atoms with van der Waals surface area (Å²) in [5.74, 6) is -0.580. The summed E-state index contributed by atoms with van der Waals surface area (Å²) in [5.41, 5.74) is -0.395. The number of rotatable bonds is 5. The zero-order chi connectivity index (χ0) is 13.4. The molecule has 4 heteroatoms. The van der Waals surface area contributed by atoms with Crippen molar-refractivity contribution in [1.29, 1.82) is 10.5 Å². The number of carbonyl (C=O) groups excluding carboxylic acids is 1. The summed E-state index contributed by atoms with van der Waals surface area (Å²) in [7, 11) is 1.26. The third-order valence-electron chi connectivity index (χ3n) is 2.80. The maximum Gasteiger partial charge on any atom is 0.326 e. The van der Waals surface area contributed by atoms with E-state index < -0.39 is 11.4 Å². The minimum Gasteiger partial charge on any atom is -0.468 e. The Hall–Kier alpha value is -2.33. The van der Waals surface area contributed by atoms with Crippen LogP contribution in [0.25, 0.3) is 0 Å². The molecule has 0 radical (unpaired) electrons. The minimum atomic E-state index is -1.27. The number of nitrogens with zero attached hydrogens (tertiary/aromatic N) is 2. The van der Waals surface area contributed by atoms with Crippen LogP contribution in [0.3, 0.4) is 0 Å². The van der Waals surface area contributed by atoms with Crippen molar-refractivity contribution in [1.82, 2.24) is 0 Å². The maximum absolute atomic E-state index is 11.8. The van der Waals surface area contributed by atoms with Gasteiger partial charge in [0, 0.05) is 12.8 Å². The van der Waals surface area contributed by atoms with Crippen LogP contribution in [0.2, 0.25) is 0 Å². The predicted octanol–water partition coefficient (Wildman–Crippen LogP) is 2.22. The molecule has 18 heavy (non-hydrogen) atoms. The van der Waals surface area contributed by atoms with Crippen molar-refractivity contribution < 1.29 is 9.53 Å². The van der Waals surface area contributed by atoms with E-state index in [-0.39, 0.29) is 19.3 Å². The highest BCUT2D eigenvalue weighted by molar-refractivity contribution is 5.80. The monoisotopic (exact) mass is 242 g/mol. The van der Waals surface area contributed by atoms with Crippen LogP contribution < -0.4 is 0 Å². The van der Waals surface area contributed by atoms with Crippen LogP contribution in [0.1, 0.15) is 18.4 Å². The van der Waals surface area contributed by atoms with E-state index in [1.54, 1.807) is 0 Å². The number of benzene rings is 1. The van der Waals surface area contributed by atoms with Gasteiger partial charge in [-0.3, -0.25) is 4.79 Å². The first-order chi connectivity index (χ1) is 8.68. The van der Waals surface area contributed by atoms with Crippen LogP contribution in [0, 0.1) is 28.1 Å². The average molecular weight is 242 g/mol. The molecule has 1 aromatic carbocycles. The Morgan fingerprint density at radius 2 is 2.00 bits per heavy atom. The summed E-state index contributed by atoms with van der Waals surface area (Å²) in [6.45, 7) is 0. The quantitative estimate of drug-likeness (QED) is 0.742. The Morgan fingerprint density at radius 3 is 2.50 bits per heavy atom. The molecule has 0 aliphatic rings. The van der Waals surface area contributed by atoms with Gasteiger partial charge in [0.2, 0.25) is 0 Å². The fraction of sp³-hybridized carbons (Fsp3) is 0.357. The van der Waals surface area contributed by atoms with Crippen molar-refractivity contribution in [3.8, 4) is 12.1 Å². The first kappa shape index (κ1) is 13.7. The van der Waals surface area contributed by atoms with E-state index in [4.69, 9.17) is 10.00 Å². The molecule has 0 aromatic heterocycles. The molecule has 0 amide bonds. The van der Waals surface area contributed by atoms with Crippen molar-refractivity contribution in [3.63, 3.8) is 0 Å².